The number of ether oxygens (including phenoxy) is 2. The van der Waals surface area contributed by atoms with Crippen LogP contribution in [0.15, 0.2) is 22.9 Å². The van der Waals surface area contributed by atoms with Crippen molar-refractivity contribution in [2.45, 2.75) is 32.8 Å². The molecule has 24 heavy (non-hydrogen) atoms. The molecule has 2 aromatic heterocycles. The monoisotopic (exact) mass is 331 g/mol. The molecule has 0 aromatic carbocycles. The fourth-order valence-electron chi connectivity index (χ4n) is 2.92. The van der Waals surface area contributed by atoms with Gasteiger partial charge in [-0.05, 0) is 32.8 Å². The van der Waals surface area contributed by atoms with E-state index in [-0.39, 0.29) is 12.0 Å². The maximum Gasteiger partial charge on any atom is 0.278 e. The van der Waals surface area contributed by atoms with Crippen molar-refractivity contribution >= 4 is 5.91 Å². The van der Waals surface area contributed by atoms with Gasteiger partial charge in [0.15, 0.2) is 0 Å². The Morgan fingerprint density at radius 2 is 2.04 bits per heavy atom. The number of hydrogen-bond acceptors (Lipinski definition) is 6. The summed E-state index contributed by atoms with van der Waals surface area (Å²) >= 11 is 0. The predicted molar refractivity (Wildman–Crippen MR) is 86.3 cm³/mol. The molecule has 3 rings (SSSR count). The van der Waals surface area contributed by atoms with Gasteiger partial charge in [-0.3, -0.25) is 4.79 Å². The molecule has 128 valence electrons. The molecular formula is C17H21N3O4. The van der Waals surface area contributed by atoms with E-state index in [1.54, 1.807) is 23.4 Å². The van der Waals surface area contributed by atoms with Gasteiger partial charge in [-0.15, -0.1) is 0 Å². The van der Waals surface area contributed by atoms with Gasteiger partial charge in [0.25, 0.3) is 17.7 Å². The topological polar surface area (TPSA) is 77.7 Å². The minimum absolute atomic E-state index is 0.0243. The van der Waals surface area contributed by atoms with Crippen LogP contribution in [0.4, 0.5) is 0 Å². The Morgan fingerprint density at radius 1 is 1.29 bits per heavy atom. The van der Waals surface area contributed by atoms with Crippen LogP contribution >= 0.6 is 0 Å². The summed E-state index contributed by atoms with van der Waals surface area (Å²) in [5.41, 5.74) is 0.616. The zero-order valence-electron chi connectivity index (χ0n) is 14.1. The molecular weight excluding hydrogens is 310 g/mol. The summed E-state index contributed by atoms with van der Waals surface area (Å²) in [5, 5.41) is 0. The van der Waals surface area contributed by atoms with E-state index in [9.17, 15) is 4.79 Å². The lowest BCUT2D eigenvalue weighted by Crippen LogP contribution is -2.44. The van der Waals surface area contributed by atoms with Gasteiger partial charge < -0.3 is 18.8 Å². The summed E-state index contributed by atoms with van der Waals surface area (Å²) in [6, 6.07) is 1.79. The lowest BCUT2D eigenvalue weighted by molar-refractivity contribution is 0.0517. The lowest BCUT2D eigenvalue weighted by Gasteiger charge is -2.32. The average molecular weight is 331 g/mol. The van der Waals surface area contributed by atoms with Crippen molar-refractivity contribution in [1.82, 2.24) is 14.9 Å². The Kier molecular flexibility index (Phi) is 4.69. The van der Waals surface area contributed by atoms with Crippen LogP contribution in [0.3, 0.4) is 0 Å². The van der Waals surface area contributed by atoms with Crippen molar-refractivity contribution in [3.8, 4) is 11.8 Å². The summed E-state index contributed by atoms with van der Waals surface area (Å²) in [7, 11) is 1.53. The molecule has 0 bridgehead atoms. The molecule has 1 unspecified atom stereocenters. The molecule has 0 saturated carbocycles. The van der Waals surface area contributed by atoms with Crippen LogP contribution in [0.1, 0.15) is 34.7 Å². The number of likely N-dealkylation sites (tertiary alicyclic amines) is 1. The van der Waals surface area contributed by atoms with E-state index in [0.717, 1.165) is 18.6 Å². The van der Waals surface area contributed by atoms with Gasteiger partial charge in [0.05, 0.1) is 19.2 Å². The number of nitrogens with zero attached hydrogens (tertiary/aromatic N) is 3. The number of aryl methyl sites for hydroxylation is 2. The summed E-state index contributed by atoms with van der Waals surface area (Å²) < 4.78 is 16.5. The Balaban J connectivity index is 1.70. The molecule has 1 aliphatic heterocycles. The Hall–Kier alpha value is -2.57. The number of amides is 1. The molecule has 2 aromatic rings. The van der Waals surface area contributed by atoms with E-state index in [4.69, 9.17) is 13.9 Å². The number of hydrogen-bond donors (Lipinski definition) is 0. The molecule has 0 spiro atoms. The third-order valence-corrected chi connectivity index (χ3v) is 4.04. The molecule has 1 aliphatic rings. The van der Waals surface area contributed by atoms with Crippen LogP contribution in [-0.2, 0) is 0 Å². The quantitative estimate of drug-likeness (QED) is 0.856. The van der Waals surface area contributed by atoms with E-state index in [0.29, 0.717) is 36.2 Å². The number of methoxy groups -OCH3 is 1. The fourth-order valence-corrected chi connectivity index (χ4v) is 2.92. The van der Waals surface area contributed by atoms with E-state index in [1.807, 2.05) is 13.8 Å². The van der Waals surface area contributed by atoms with Crippen molar-refractivity contribution < 1.29 is 18.7 Å². The van der Waals surface area contributed by atoms with Crippen LogP contribution in [0.5, 0.6) is 11.8 Å². The van der Waals surface area contributed by atoms with Gasteiger partial charge in [0.2, 0.25) is 0 Å². The standard InChI is InChI=1S/C17H21N3O4/c1-11-9-14(12(2)23-11)17(21)20-8-4-5-13(10-20)24-16-15(22-3)18-6-7-19-16/h6-7,9,13H,4-5,8,10H2,1-3H3. The molecule has 1 amide bonds. The number of carbonyl (C=O) groups is 1. The van der Waals surface area contributed by atoms with E-state index < -0.39 is 0 Å². The summed E-state index contributed by atoms with van der Waals surface area (Å²) in [6.07, 6.45) is 4.69. The maximum absolute atomic E-state index is 12.7. The minimum Gasteiger partial charge on any atom is -0.477 e. The number of carbonyl (C=O) groups excluding carboxylic acids is 1. The van der Waals surface area contributed by atoms with Crippen molar-refractivity contribution in [2.75, 3.05) is 20.2 Å². The Bertz CT molecular complexity index is 728. The summed E-state index contributed by atoms with van der Waals surface area (Å²) in [6.45, 7) is 4.86. The highest BCUT2D eigenvalue weighted by molar-refractivity contribution is 5.95. The van der Waals surface area contributed by atoms with E-state index in [1.165, 1.54) is 7.11 Å². The van der Waals surface area contributed by atoms with Crippen molar-refractivity contribution in [3.63, 3.8) is 0 Å². The highest BCUT2D eigenvalue weighted by Gasteiger charge is 2.28. The second-order valence-corrected chi connectivity index (χ2v) is 5.83. The van der Waals surface area contributed by atoms with Crippen LogP contribution in [0.2, 0.25) is 0 Å². The van der Waals surface area contributed by atoms with Gasteiger partial charge in [0, 0.05) is 18.9 Å². The van der Waals surface area contributed by atoms with Gasteiger partial charge in [-0.1, -0.05) is 0 Å². The average Bonchev–Trinajstić information content (AvgIpc) is 2.93. The number of rotatable bonds is 4. The first kappa shape index (κ1) is 16.3. The lowest BCUT2D eigenvalue weighted by atomic mass is 10.1. The van der Waals surface area contributed by atoms with E-state index >= 15 is 0 Å². The number of furan rings is 1. The van der Waals surface area contributed by atoms with Gasteiger partial charge >= 0.3 is 0 Å². The first-order valence-corrected chi connectivity index (χ1v) is 7.96. The molecule has 0 radical (unpaired) electrons. The summed E-state index contributed by atoms with van der Waals surface area (Å²) in [5.74, 6) is 2.07. The number of piperidine rings is 1. The zero-order chi connectivity index (χ0) is 17.1. The van der Waals surface area contributed by atoms with Gasteiger partial charge in [0.1, 0.15) is 17.6 Å². The largest absolute Gasteiger partial charge is 0.477 e. The van der Waals surface area contributed by atoms with Crippen LogP contribution in [-0.4, -0.2) is 47.1 Å². The van der Waals surface area contributed by atoms with Gasteiger partial charge in [-0.25, -0.2) is 9.97 Å². The molecule has 0 aliphatic carbocycles. The molecule has 1 atom stereocenters. The van der Waals surface area contributed by atoms with Crippen molar-refractivity contribution in [2.24, 2.45) is 0 Å². The molecule has 0 N–H and O–H groups in total. The Labute approximate surface area is 140 Å². The third-order valence-electron chi connectivity index (χ3n) is 4.04. The minimum atomic E-state index is -0.137. The second kappa shape index (κ2) is 6.90. The van der Waals surface area contributed by atoms with Crippen molar-refractivity contribution in [3.05, 3.63) is 35.5 Å². The van der Waals surface area contributed by atoms with Crippen LogP contribution in [0, 0.1) is 13.8 Å². The Morgan fingerprint density at radius 3 is 2.71 bits per heavy atom. The molecule has 7 nitrogen and oxygen atoms in total. The highest BCUT2D eigenvalue weighted by Crippen LogP contribution is 2.25. The molecule has 7 heteroatoms. The first-order valence-electron chi connectivity index (χ1n) is 7.96. The van der Waals surface area contributed by atoms with Crippen molar-refractivity contribution in [1.29, 1.82) is 0 Å². The number of aromatic nitrogens is 2. The smallest absolute Gasteiger partial charge is 0.278 e. The van der Waals surface area contributed by atoms with Crippen LogP contribution < -0.4 is 9.47 Å². The van der Waals surface area contributed by atoms with Gasteiger partial charge in [-0.2, -0.15) is 0 Å². The first-order chi connectivity index (χ1) is 11.6. The fraction of sp³-hybridized carbons (Fsp3) is 0.471. The summed E-state index contributed by atoms with van der Waals surface area (Å²) in [4.78, 5) is 22.7. The molecule has 1 saturated heterocycles. The predicted octanol–water partition coefficient (Wildman–Crippen LogP) is 2.38. The SMILES string of the molecule is COc1nccnc1OC1CCCN(C(=O)c2cc(C)oc2C)C1. The molecule has 3 heterocycles. The molecule has 1 fully saturated rings. The normalized spacial score (nSPS) is 17.6. The van der Waals surface area contributed by atoms with E-state index in [2.05, 4.69) is 9.97 Å². The maximum atomic E-state index is 12.7. The third kappa shape index (κ3) is 3.34. The zero-order valence-corrected chi connectivity index (χ0v) is 14.1. The van der Waals surface area contributed by atoms with Crippen LogP contribution in [0.25, 0.3) is 0 Å². The second-order valence-electron chi connectivity index (χ2n) is 5.83. The highest BCUT2D eigenvalue weighted by atomic mass is 16.5.